The minimum Gasteiger partial charge on any atom is -0.368 e. The molecule has 4 rings (SSSR count). The third-order valence-corrected chi connectivity index (χ3v) is 6.36. The lowest BCUT2D eigenvalue weighted by molar-refractivity contribution is -0.125. The summed E-state index contributed by atoms with van der Waals surface area (Å²) in [6.45, 7) is 5.09. The van der Waals surface area contributed by atoms with Gasteiger partial charge in [0.05, 0.1) is 4.88 Å². The van der Waals surface area contributed by atoms with E-state index in [1.165, 1.54) is 32.9 Å². The Morgan fingerprint density at radius 2 is 2.04 bits per heavy atom. The van der Waals surface area contributed by atoms with E-state index in [0.29, 0.717) is 17.8 Å². The topological polar surface area (TPSA) is 63.4 Å². The van der Waals surface area contributed by atoms with Crippen molar-refractivity contribution in [2.24, 2.45) is 5.73 Å². The number of thiophene rings is 1. The maximum Gasteiger partial charge on any atom is 0.264 e. The summed E-state index contributed by atoms with van der Waals surface area (Å²) in [6, 6.07) is 10.00. The second-order valence-corrected chi connectivity index (χ2v) is 8.33. The molecular weight excluding hydrogens is 320 g/mol. The van der Waals surface area contributed by atoms with Crippen molar-refractivity contribution in [2.75, 3.05) is 6.54 Å². The van der Waals surface area contributed by atoms with Crippen molar-refractivity contribution in [3.8, 4) is 10.4 Å². The van der Waals surface area contributed by atoms with Gasteiger partial charge in [0, 0.05) is 11.4 Å². The number of benzene rings is 1. The molecule has 2 aromatic rings. The Kier molecular flexibility index (Phi) is 3.32. The standard InChI is InChI=1S/C19H20N2O2S/c1-19(2)10-11-9-15(18(23)21-8-7-14(21)17(20)22)24-16(11)12-5-3-4-6-13(12)19/h3-6,9,14H,7-8,10H2,1-2H3,(H2,20,22). The summed E-state index contributed by atoms with van der Waals surface area (Å²) in [5.41, 5.74) is 9.20. The fraction of sp³-hybridized carbons (Fsp3) is 0.368. The molecule has 1 aromatic heterocycles. The highest BCUT2D eigenvalue weighted by molar-refractivity contribution is 7.17. The van der Waals surface area contributed by atoms with E-state index in [1.807, 2.05) is 12.1 Å². The summed E-state index contributed by atoms with van der Waals surface area (Å²) in [4.78, 5) is 27.6. The van der Waals surface area contributed by atoms with Gasteiger partial charge in [-0.25, -0.2) is 0 Å². The molecule has 24 heavy (non-hydrogen) atoms. The second kappa shape index (κ2) is 5.18. The monoisotopic (exact) mass is 340 g/mol. The number of nitrogens with zero attached hydrogens (tertiary/aromatic N) is 1. The van der Waals surface area contributed by atoms with Gasteiger partial charge in [0.2, 0.25) is 5.91 Å². The predicted octanol–water partition coefficient (Wildman–Crippen LogP) is 2.95. The Hall–Kier alpha value is -2.14. The Morgan fingerprint density at radius 1 is 1.29 bits per heavy atom. The van der Waals surface area contributed by atoms with E-state index in [0.717, 1.165) is 6.42 Å². The third kappa shape index (κ3) is 2.18. The van der Waals surface area contributed by atoms with Gasteiger partial charge in [0.15, 0.2) is 0 Å². The van der Waals surface area contributed by atoms with Crippen LogP contribution in [-0.4, -0.2) is 29.3 Å². The summed E-state index contributed by atoms with van der Waals surface area (Å²) < 4.78 is 0. The molecule has 1 atom stereocenters. The average Bonchev–Trinajstić information content (AvgIpc) is 2.89. The van der Waals surface area contributed by atoms with Gasteiger partial charge in [-0.05, 0) is 41.0 Å². The molecule has 1 fully saturated rings. The van der Waals surface area contributed by atoms with Crippen molar-refractivity contribution >= 4 is 23.2 Å². The molecule has 0 saturated carbocycles. The van der Waals surface area contributed by atoms with E-state index >= 15 is 0 Å². The maximum atomic E-state index is 12.8. The van der Waals surface area contributed by atoms with Crippen LogP contribution in [0, 0.1) is 0 Å². The fourth-order valence-corrected chi connectivity index (χ4v) is 4.98. The van der Waals surface area contributed by atoms with Crippen LogP contribution in [-0.2, 0) is 16.6 Å². The SMILES string of the molecule is CC1(C)Cc2cc(C(=O)N3CCC3C(N)=O)sc2-c2ccccc21. The largest absolute Gasteiger partial charge is 0.368 e. The van der Waals surface area contributed by atoms with Crippen molar-refractivity contribution < 1.29 is 9.59 Å². The van der Waals surface area contributed by atoms with Crippen LogP contribution in [0.5, 0.6) is 0 Å². The Bertz CT molecular complexity index is 853. The first kappa shape index (κ1) is 15.4. The molecule has 2 amide bonds. The van der Waals surface area contributed by atoms with Gasteiger partial charge in [0.1, 0.15) is 6.04 Å². The Morgan fingerprint density at radius 3 is 2.71 bits per heavy atom. The third-order valence-electron chi connectivity index (χ3n) is 5.16. The van der Waals surface area contributed by atoms with Crippen LogP contribution in [0.4, 0.5) is 0 Å². The van der Waals surface area contributed by atoms with Crippen molar-refractivity contribution in [1.82, 2.24) is 4.90 Å². The lowest BCUT2D eigenvalue weighted by Gasteiger charge is -2.38. The molecule has 1 aliphatic carbocycles. The molecule has 0 radical (unpaired) electrons. The highest BCUT2D eigenvalue weighted by atomic mass is 32.1. The van der Waals surface area contributed by atoms with E-state index in [9.17, 15) is 9.59 Å². The molecule has 1 unspecified atom stereocenters. The molecule has 0 spiro atoms. The van der Waals surface area contributed by atoms with Gasteiger partial charge in [-0.2, -0.15) is 0 Å². The molecule has 1 saturated heterocycles. The highest BCUT2D eigenvalue weighted by Crippen LogP contribution is 2.46. The van der Waals surface area contributed by atoms with Gasteiger partial charge >= 0.3 is 0 Å². The van der Waals surface area contributed by atoms with Gasteiger partial charge in [-0.15, -0.1) is 11.3 Å². The lowest BCUT2D eigenvalue weighted by Crippen LogP contribution is -2.57. The van der Waals surface area contributed by atoms with Crippen LogP contribution < -0.4 is 5.73 Å². The number of hydrogen-bond donors (Lipinski definition) is 1. The highest BCUT2D eigenvalue weighted by Gasteiger charge is 2.38. The molecule has 2 heterocycles. The number of likely N-dealkylation sites (tertiary alicyclic amines) is 1. The number of fused-ring (bicyclic) bond motifs is 3. The minimum absolute atomic E-state index is 0.0531. The summed E-state index contributed by atoms with van der Waals surface area (Å²) in [7, 11) is 0. The second-order valence-electron chi connectivity index (χ2n) is 7.28. The lowest BCUT2D eigenvalue weighted by atomic mass is 9.73. The predicted molar refractivity (Wildman–Crippen MR) is 95.1 cm³/mol. The molecule has 0 bridgehead atoms. The molecule has 4 nitrogen and oxygen atoms in total. The zero-order valence-electron chi connectivity index (χ0n) is 13.8. The van der Waals surface area contributed by atoms with Crippen LogP contribution in [0.1, 0.15) is 41.1 Å². The molecule has 5 heteroatoms. The number of carbonyl (C=O) groups excluding carboxylic acids is 2. The Balaban J connectivity index is 1.73. The zero-order chi connectivity index (χ0) is 17.1. The normalized spacial score (nSPS) is 20.8. The molecule has 2 aliphatic rings. The van der Waals surface area contributed by atoms with Crippen LogP contribution in [0.15, 0.2) is 30.3 Å². The minimum atomic E-state index is -0.444. The van der Waals surface area contributed by atoms with Crippen molar-refractivity contribution in [1.29, 1.82) is 0 Å². The smallest absolute Gasteiger partial charge is 0.264 e. The zero-order valence-corrected chi connectivity index (χ0v) is 14.7. The van der Waals surface area contributed by atoms with E-state index in [4.69, 9.17) is 5.73 Å². The molecule has 2 N–H and O–H groups in total. The number of amides is 2. The molecule has 1 aliphatic heterocycles. The average molecular weight is 340 g/mol. The summed E-state index contributed by atoms with van der Waals surface area (Å²) in [5.74, 6) is -0.484. The maximum absolute atomic E-state index is 12.8. The number of rotatable bonds is 2. The Labute approximate surface area is 145 Å². The van der Waals surface area contributed by atoms with Gasteiger partial charge in [-0.1, -0.05) is 38.1 Å². The molecule has 1 aromatic carbocycles. The van der Waals surface area contributed by atoms with Crippen LogP contribution in [0.3, 0.4) is 0 Å². The first-order chi connectivity index (χ1) is 11.4. The summed E-state index contributed by atoms with van der Waals surface area (Å²) >= 11 is 1.53. The van der Waals surface area contributed by atoms with Crippen LogP contribution >= 0.6 is 11.3 Å². The molecule has 124 valence electrons. The van der Waals surface area contributed by atoms with E-state index in [-0.39, 0.29) is 11.3 Å². The van der Waals surface area contributed by atoms with E-state index in [1.54, 1.807) is 4.90 Å². The fourth-order valence-electron chi connectivity index (χ4n) is 3.80. The first-order valence-corrected chi connectivity index (χ1v) is 9.03. The summed E-state index contributed by atoms with van der Waals surface area (Å²) in [5, 5.41) is 0. The summed E-state index contributed by atoms with van der Waals surface area (Å²) in [6.07, 6.45) is 1.59. The van der Waals surface area contributed by atoms with Gasteiger partial charge in [0.25, 0.3) is 5.91 Å². The number of hydrogen-bond acceptors (Lipinski definition) is 3. The van der Waals surface area contributed by atoms with Crippen molar-refractivity contribution in [3.63, 3.8) is 0 Å². The van der Waals surface area contributed by atoms with Gasteiger partial charge in [-0.3, -0.25) is 9.59 Å². The quantitative estimate of drug-likeness (QED) is 0.913. The number of nitrogens with two attached hydrogens (primary N) is 1. The van der Waals surface area contributed by atoms with Crippen LogP contribution in [0.2, 0.25) is 0 Å². The van der Waals surface area contributed by atoms with Crippen LogP contribution in [0.25, 0.3) is 10.4 Å². The van der Waals surface area contributed by atoms with E-state index < -0.39 is 11.9 Å². The number of carbonyl (C=O) groups is 2. The molecular formula is C19H20N2O2S. The first-order valence-electron chi connectivity index (χ1n) is 8.21. The van der Waals surface area contributed by atoms with Crippen molar-refractivity contribution in [2.45, 2.75) is 38.1 Å². The van der Waals surface area contributed by atoms with E-state index in [2.05, 4.69) is 32.0 Å². The van der Waals surface area contributed by atoms with Crippen molar-refractivity contribution in [3.05, 3.63) is 46.3 Å². The van der Waals surface area contributed by atoms with Gasteiger partial charge < -0.3 is 10.6 Å². The number of primary amides is 1.